The van der Waals surface area contributed by atoms with E-state index in [0.717, 1.165) is 19.0 Å². The average molecular weight is 199 g/mol. The van der Waals surface area contributed by atoms with Crippen LogP contribution in [0.25, 0.3) is 0 Å². The molecule has 0 aliphatic carbocycles. The first-order valence-corrected chi connectivity index (χ1v) is 4.83. The summed E-state index contributed by atoms with van der Waals surface area (Å²) in [5, 5.41) is 3.15. The first kappa shape index (κ1) is 11.1. The third-order valence-corrected chi connectivity index (χ3v) is 2.13. The number of halogens is 2. The average Bonchev–Trinajstić information content (AvgIpc) is 2.14. The number of hydrogen-bond acceptors (Lipinski definition) is 1. The minimum absolute atomic E-state index is 0.0736. The Balaban J connectivity index is 2.74. The Kier molecular flexibility index (Phi) is 4.01. The molecule has 1 aromatic carbocycles. The van der Waals surface area contributed by atoms with E-state index in [4.69, 9.17) is 0 Å². The Morgan fingerprint density at radius 1 is 1.36 bits per heavy atom. The molecule has 14 heavy (non-hydrogen) atoms. The lowest BCUT2D eigenvalue weighted by Gasteiger charge is -2.14. The van der Waals surface area contributed by atoms with Gasteiger partial charge in [-0.05, 0) is 26.0 Å². The number of nitrogens with one attached hydrogen (secondary N) is 1. The summed E-state index contributed by atoms with van der Waals surface area (Å²) >= 11 is 0. The van der Waals surface area contributed by atoms with Gasteiger partial charge in [0.15, 0.2) is 0 Å². The van der Waals surface area contributed by atoms with Crippen molar-refractivity contribution in [1.29, 1.82) is 0 Å². The van der Waals surface area contributed by atoms with Crippen molar-refractivity contribution in [2.75, 3.05) is 6.54 Å². The van der Waals surface area contributed by atoms with Gasteiger partial charge in [-0.25, -0.2) is 8.78 Å². The second-order valence-electron chi connectivity index (χ2n) is 3.34. The monoisotopic (exact) mass is 199 g/mol. The third-order valence-electron chi connectivity index (χ3n) is 2.13. The molecule has 0 saturated carbocycles. The van der Waals surface area contributed by atoms with E-state index in [2.05, 4.69) is 5.32 Å². The van der Waals surface area contributed by atoms with Crippen molar-refractivity contribution in [3.05, 3.63) is 35.4 Å². The highest BCUT2D eigenvalue weighted by Gasteiger charge is 2.10. The molecule has 1 rings (SSSR count). The van der Waals surface area contributed by atoms with Gasteiger partial charge in [0.1, 0.15) is 11.6 Å². The van der Waals surface area contributed by atoms with E-state index in [1.54, 1.807) is 0 Å². The van der Waals surface area contributed by atoms with E-state index in [9.17, 15) is 8.78 Å². The zero-order valence-electron chi connectivity index (χ0n) is 8.48. The van der Waals surface area contributed by atoms with Gasteiger partial charge in [-0.15, -0.1) is 0 Å². The molecule has 0 amide bonds. The Morgan fingerprint density at radius 2 is 2.07 bits per heavy atom. The molecule has 1 N–H and O–H groups in total. The van der Waals surface area contributed by atoms with Crippen LogP contribution in [0.4, 0.5) is 8.78 Å². The van der Waals surface area contributed by atoms with Crippen LogP contribution in [0.1, 0.15) is 31.9 Å². The molecule has 0 aromatic heterocycles. The first-order chi connectivity index (χ1) is 6.65. The van der Waals surface area contributed by atoms with Gasteiger partial charge in [0, 0.05) is 17.7 Å². The largest absolute Gasteiger partial charge is 0.310 e. The Hall–Kier alpha value is -0.960. The van der Waals surface area contributed by atoms with Crippen molar-refractivity contribution in [3.63, 3.8) is 0 Å². The van der Waals surface area contributed by atoms with Gasteiger partial charge >= 0.3 is 0 Å². The van der Waals surface area contributed by atoms with E-state index in [1.165, 1.54) is 12.1 Å². The van der Waals surface area contributed by atoms with Gasteiger partial charge in [-0.2, -0.15) is 0 Å². The molecule has 78 valence electrons. The smallest absolute Gasteiger partial charge is 0.130 e. The quantitative estimate of drug-likeness (QED) is 0.786. The molecule has 0 fully saturated rings. The summed E-state index contributed by atoms with van der Waals surface area (Å²) in [5.41, 5.74) is 0.514. The maximum absolute atomic E-state index is 13.2. The Morgan fingerprint density at radius 3 is 2.64 bits per heavy atom. The van der Waals surface area contributed by atoms with E-state index in [-0.39, 0.29) is 6.04 Å². The lowest BCUT2D eigenvalue weighted by molar-refractivity contribution is 0.517. The molecule has 1 atom stereocenters. The predicted molar refractivity (Wildman–Crippen MR) is 53.1 cm³/mol. The second kappa shape index (κ2) is 5.05. The molecule has 0 aliphatic heterocycles. The van der Waals surface area contributed by atoms with Gasteiger partial charge in [-0.1, -0.05) is 13.0 Å². The van der Waals surface area contributed by atoms with E-state index < -0.39 is 11.6 Å². The Labute approximate surface area is 83.1 Å². The van der Waals surface area contributed by atoms with Crippen LogP contribution in [0.2, 0.25) is 0 Å². The second-order valence-corrected chi connectivity index (χ2v) is 3.34. The zero-order chi connectivity index (χ0) is 10.6. The van der Waals surface area contributed by atoms with Crippen molar-refractivity contribution >= 4 is 0 Å². The van der Waals surface area contributed by atoms with Crippen molar-refractivity contribution in [1.82, 2.24) is 5.32 Å². The molecule has 0 heterocycles. The summed E-state index contributed by atoms with van der Waals surface area (Å²) in [6, 6.07) is 3.61. The van der Waals surface area contributed by atoms with Crippen molar-refractivity contribution in [2.24, 2.45) is 0 Å². The zero-order valence-corrected chi connectivity index (χ0v) is 8.48. The van der Waals surface area contributed by atoms with Crippen molar-refractivity contribution in [2.45, 2.75) is 26.3 Å². The standard InChI is InChI=1S/C11H15F2N/c1-3-6-14-8(2)10-5-4-9(12)7-11(10)13/h4-5,7-8,14H,3,6H2,1-2H3/t8-/m1/s1. The first-order valence-electron chi connectivity index (χ1n) is 4.83. The third kappa shape index (κ3) is 2.77. The van der Waals surface area contributed by atoms with Gasteiger partial charge < -0.3 is 5.32 Å². The molecule has 0 radical (unpaired) electrons. The fourth-order valence-corrected chi connectivity index (χ4v) is 1.32. The summed E-state index contributed by atoms with van der Waals surface area (Å²) in [4.78, 5) is 0. The molecule has 1 nitrogen and oxygen atoms in total. The summed E-state index contributed by atoms with van der Waals surface area (Å²) in [6.07, 6.45) is 0.993. The molecule has 0 saturated heterocycles. The van der Waals surface area contributed by atoms with Crippen molar-refractivity contribution < 1.29 is 8.78 Å². The van der Waals surface area contributed by atoms with Crippen LogP contribution in [-0.4, -0.2) is 6.54 Å². The molecular formula is C11H15F2N. The molecular weight excluding hydrogens is 184 g/mol. The maximum Gasteiger partial charge on any atom is 0.130 e. The lowest BCUT2D eigenvalue weighted by Crippen LogP contribution is -2.20. The molecule has 1 aromatic rings. The van der Waals surface area contributed by atoms with Gasteiger partial charge in [-0.3, -0.25) is 0 Å². The van der Waals surface area contributed by atoms with Crippen LogP contribution >= 0.6 is 0 Å². The molecule has 0 aliphatic rings. The topological polar surface area (TPSA) is 12.0 Å². The predicted octanol–water partition coefficient (Wildman–Crippen LogP) is 3.03. The van der Waals surface area contributed by atoms with Gasteiger partial charge in [0.2, 0.25) is 0 Å². The summed E-state index contributed by atoms with van der Waals surface area (Å²) < 4.78 is 25.9. The summed E-state index contributed by atoms with van der Waals surface area (Å²) in [6.45, 7) is 4.74. The molecule has 0 spiro atoms. The SMILES string of the molecule is CCCN[C@H](C)c1ccc(F)cc1F. The number of rotatable bonds is 4. The lowest BCUT2D eigenvalue weighted by atomic mass is 10.1. The minimum atomic E-state index is -0.533. The van der Waals surface area contributed by atoms with E-state index in [0.29, 0.717) is 5.56 Å². The minimum Gasteiger partial charge on any atom is -0.310 e. The molecule has 3 heteroatoms. The fourth-order valence-electron chi connectivity index (χ4n) is 1.32. The fraction of sp³-hybridized carbons (Fsp3) is 0.455. The van der Waals surface area contributed by atoms with Crippen LogP contribution < -0.4 is 5.32 Å². The van der Waals surface area contributed by atoms with E-state index >= 15 is 0 Å². The van der Waals surface area contributed by atoms with Crippen LogP contribution in [0.15, 0.2) is 18.2 Å². The van der Waals surface area contributed by atoms with Gasteiger partial charge in [0.25, 0.3) is 0 Å². The molecule has 0 unspecified atom stereocenters. The number of benzene rings is 1. The van der Waals surface area contributed by atoms with Crippen LogP contribution in [0.3, 0.4) is 0 Å². The molecule has 0 bridgehead atoms. The van der Waals surface area contributed by atoms with Crippen LogP contribution in [-0.2, 0) is 0 Å². The normalized spacial score (nSPS) is 12.9. The highest BCUT2D eigenvalue weighted by atomic mass is 19.1. The van der Waals surface area contributed by atoms with Crippen LogP contribution in [0, 0.1) is 11.6 Å². The van der Waals surface area contributed by atoms with Crippen molar-refractivity contribution in [3.8, 4) is 0 Å². The highest BCUT2D eigenvalue weighted by molar-refractivity contribution is 5.21. The maximum atomic E-state index is 13.2. The van der Waals surface area contributed by atoms with Crippen LogP contribution in [0.5, 0.6) is 0 Å². The summed E-state index contributed by atoms with van der Waals surface area (Å²) in [7, 11) is 0. The highest BCUT2D eigenvalue weighted by Crippen LogP contribution is 2.17. The summed E-state index contributed by atoms with van der Waals surface area (Å²) in [5.74, 6) is -1.02. The Bertz CT molecular complexity index is 299. The number of hydrogen-bond donors (Lipinski definition) is 1. The van der Waals surface area contributed by atoms with E-state index in [1.807, 2.05) is 13.8 Å². The van der Waals surface area contributed by atoms with Gasteiger partial charge in [0.05, 0.1) is 0 Å².